The molecule has 0 saturated heterocycles. The lowest BCUT2D eigenvalue weighted by Crippen LogP contribution is -1.96. The van der Waals surface area contributed by atoms with Crippen LogP contribution in [0.15, 0.2) is 36.4 Å². The number of hydrogen-bond acceptors (Lipinski definition) is 5. The minimum atomic E-state index is -0.0802. The Balaban J connectivity index is 2.15. The van der Waals surface area contributed by atoms with Crippen LogP contribution in [-0.2, 0) is 7.05 Å². The number of methoxy groups -OCH3 is 2. The summed E-state index contributed by atoms with van der Waals surface area (Å²) >= 11 is 0. The first-order valence-corrected chi connectivity index (χ1v) is 7.57. The predicted molar refractivity (Wildman–Crippen MR) is 95.4 cm³/mol. The maximum absolute atomic E-state index is 10.0. The number of phenols is 1. The van der Waals surface area contributed by atoms with E-state index in [1.54, 1.807) is 18.2 Å². The largest absolute Gasteiger partial charge is 0.502 e. The first-order chi connectivity index (χ1) is 12.1. The van der Waals surface area contributed by atoms with Gasteiger partial charge < -0.3 is 19.1 Å². The number of ether oxygens (including phenoxy) is 2. The van der Waals surface area contributed by atoms with Crippen LogP contribution in [0.3, 0.4) is 0 Å². The van der Waals surface area contributed by atoms with E-state index in [-0.39, 0.29) is 17.2 Å². The van der Waals surface area contributed by atoms with Crippen molar-refractivity contribution in [2.24, 2.45) is 7.05 Å². The van der Waals surface area contributed by atoms with Crippen LogP contribution in [0.5, 0.6) is 17.2 Å². The number of aryl methyl sites for hydroxylation is 1. The fourth-order valence-electron chi connectivity index (χ4n) is 2.70. The topological polar surface area (TPSA) is 80.3 Å². The fourth-order valence-corrected chi connectivity index (χ4v) is 2.70. The van der Waals surface area contributed by atoms with Crippen molar-refractivity contribution in [3.8, 4) is 23.3 Å². The lowest BCUT2D eigenvalue weighted by atomic mass is 10.1. The summed E-state index contributed by atoms with van der Waals surface area (Å²) in [5.41, 5.74) is 2.82. The minimum absolute atomic E-state index is 0.0802. The van der Waals surface area contributed by atoms with E-state index in [0.29, 0.717) is 17.0 Å². The molecular weight excluding hydrogens is 318 g/mol. The summed E-state index contributed by atoms with van der Waals surface area (Å²) in [6.45, 7) is 0. The number of nitrogens with zero attached hydrogens (tertiary/aromatic N) is 3. The zero-order valence-corrected chi connectivity index (χ0v) is 14.1. The smallest absolute Gasteiger partial charge is 0.200 e. The molecule has 1 heterocycles. The molecular formula is C19H17N3O3. The third-order valence-electron chi connectivity index (χ3n) is 3.96. The Morgan fingerprint density at radius 2 is 1.84 bits per heavy atom. The van der Waals surface area contributed by atoms with Crippen LogP contribution < -0.4 is 9.47 Å². The average Bonchev–Trinajstić information content (AvgIpc) is 2.97. The second-order valence-electron chi connectivity index (χ2n) is 5.43. The Bertz CT molecular complexity index is 987. The molecule has 6 nitrogen and oxygen atoms in total. The van der Waals surface area contributed by atoms with Crippen LogP contribution in [0.25, 0.3) is 22.7 Å². The summed E-state index contributed by atoms with van der Waals surface area (Å²) in [6, 6.07) is 13.2. The number of benzene rings is 2. The number of allylic oxidation sites excluding steroid dienone is 1. The maximum atomic E-state index is 10.0. The molecule has 6 heteroatoms. The molecule has 126 valence electrons. The van der Waals surface area contributed by atoms with Crippen molar-refractivity contribution in [3.05, 3.63) is 47.8 Å². The van der Waals surface area contributed by atoms with E-state index in [1.165, 1.54) is 14.2 Å². The van der Waals surface area contributed by atoms with Crippen LogP contribution >= 0.6 is 0 Å². The molecule has 2 aromatic carbocycles. The van der Waals surface area contributed by atoms with E-state index < -0.39 is 0 Å². The van der Waals surface area contributed by atoms with E-state index in [1.807, 2.05) is 35.9 Å². The van der Waals surface area contributed by atoms with Crippen LogP contribution in [0, 0.1) is 11.3 Å². The van der Waals surface area contributed by atoms with Crippen LogP contribution in [0.1, 0.15) is 11.4 Å². The molecule has 0 aliphatic carbocycles. The lowest BCUT2D eigenvalue weighted by Gasteiger charge is -2.10. The highest BCUT2D eigenvalue weighted by Crippen LogP contribution is 2.38. The normalized spacial score (nSPS) is 11.4. The van der Waals surface area contributed by atoms with Gasteiger partial charge in [-0.25, -0.2) is 4.98 Å². The standard InChI is InChI=1S/C19H17N3O3/c1-22-15-7-5-4-6-14(15)21-19(22)13(11-20)8-12-9-16(24-2)18(23)17(10-12)25-3/h4-10,23H,1-3H3. The number of aromatic nitrogens is 2. The van der Waals surface area contributed by atoms with Gasteiger partial charge in [-0.15, -0.1) is 0 Å². The molecule has 3 rings (SSSR count). The number of hydrogen-bond donors (Lipinski definition) is 1. The highest BCUT2D eigenvalue weighted by molar-refractivity contribution is 5.91. The van der Waals surface area contributed by atoms with Gasteiger partial charge in [0.2, 0.25) is 5.75 Å². The molecule has 0 fully saturated rings. The minimum Gasteiger partial charge on any atom is -0.502 e. The Morgan fingerprint density at radius 3 is 2.40 bits per heavy atom. The van der Waals surface area contributed by atoms with E-state index in [2.05, 4.69) is 11.1 Å². The molecule has 1 aromatic heterocycles. The highest BCUT2D eigenvalue weighted by Gasteiger charge is 2.14. The molecule has 0 aliphatic rings. The molecule has 1 N–H and O–H groups in total. The molecule has 0 saturated carbocycles. The number of rotatable bonds is 4. The molecule has 0 atom stereocenters. The van der Waals surface area contributed by atoms with Crippen molar-refractivity contribution in [1.29, 1.82) is 5.26 Å². The number of para-hydroxylation sites is 2. The number of fused-ring (bicyclic) bond motifs is 1. The summed E-state index contributed by atoms with van der Waals surface area (Å²) in [6.07, 6.45) is 1.69. The van der Waals surface area contributed by atoms with Gasteiger partial charge >= 0.3 is 0 Å². The summed E-state index contributed by atoms with van der Waals surface area (Å²) < 4.78 is 12.2. The van der Waals surface area contributed by atoms with Gasteiger partial charge in [-0.05, 0) is 35.9 Å². The van der Waals surface area contributed by atoms with Gasteiger partial charge in [0, 0.05) is 7.05 Å². The van der Waals surface area contributed by atoms with Gasteiger partial charge in [0.05, 0.1) is 30.8 Å². The Labute approximate surface area is 145 Å². The molecule has 0 amide bonds. The van der Waals surface area contributed by atoms with Crippen molar-refractivity contribution >= 4 is 22.7 Å². The van der Waals surface area contributed by atoms with E-state index in [9.17, 15) is 10.4 Å². The van der Waals surface area contributed by atoms with Crippen molar-refractivity contribution in [3.63, 3.8) is 0 Å². The summed E-state index contributed by atoms with van der Waals surface area (Å²) in [7, 11) is 4.78. The van der Waals surface area contributed by atoms with Gasteiger partial charge in [0.25, 0.3) is 0 Å². The Kier molecular flexibility index (Phi) is 4.31. The molecule has 25 heavy (non-hydrogen) atoms. The molecule has 0 unspecified atom stereocenters. The molecule has 0 aliphatic heterocycles. The lowest BCUT2D eigenvalue weighted by molar-refractivity contribution is 0.340. The number of nitriles is 1. The predicted octanol–water partition coefficient (Wildman–Crippen LogP) is 3.36. The highest BCUT2D eigenvalue weighted by atomic mass is 16.5. The number of imidazole rings is 1. The van der Waals surface area contributed by atoms with Gasteiger partial charge in [-0.3, -0.25) is 0 Å². The average molecular weight is 335 g/mol. The molecule has 0 radical (unpaired) electrons. The monoisotopic (exact) mass is 335 g/mol. The van der Waals surface area contributed by atoms with Crippen molar-refractivity contribution < 1.29 is 14.6 Å². The van der Waals surface area contributed by atoms with E-state index in [0.717, 1.165) is 11.0 Å². The van der Waals surface area contributed by atoms with Crippen LogP contribution in [-0.4, -0.2) is 28.9 Å². The van der Waals surface area contributed by atoms with Crippen molar-refractivity contribution in [1.82, 2.24) is 9.55 Å². The van der Waals surface area contributed by atoms with Crippen LogP contribution in [0.2, 0.25) is 0 Å². The SMILES string of the molecule is COc1cc(C=C(C#N)c2nc3ccccc3n2C)cc(OC)c1O. The quantitative estimate of drug-likeness (QED) is 0.740. The van der Waals surface area contributed by atoms with Crippen LogP contribution in [0.4, 0.5) is 0 Å². The molecule has 3 aromatic rings. The third kappa shape index (κ3) is 2.88. The maximum Gasteiger partial charge on any atom is 0.200 e. The zero-order valence-electron chi connectivity index (χ0n) is 14.1. The fraction of sp³-hybridized carbons (Fsp3) is 0.158. The summed E-state index contributed by atoms with van der Waals surface area (Å²) in [5.74, 6) is 1.03. The second kappa shape index (κ2) is 6.57. The van der Waals surface area contributed by atoms with E-state index in [4.69, 9.17) is 9.47 Å². The van der Waals surface area contributed by atoms with Crippen molar-refractivity contribution in [2.45, 2.75) is 0 Å². The van der Waals surface area contributed by atoms with Gasteiger partial charge in [-0.1, -0.05) is 12.1 Å². The molecule has 0 bridgehead atoms. The summed E-state index contributed by atoms with van der Waals surface area (Å²) in [5, 5.41) is 19.6. The Hall–Kier alpha value is -3.46. The second-order valence-corrected chi connectivity index (χ2v) is 5.43. The number of aromatic hydroxyl groups is 1. The first-order valence-electron chi connectivity index (χ1n) is 7.57. The third-order valence-corrected chi connectivity index (χ3v) is 3.96. The first kappa shape index (κ1) is 16.4. The summed E-state index contributed by atoms with van der Waals surface area (Å²) in [4.78, 5) is 4.54. The zero-order chi connectivity index (χ0) is 18.0. The van der Waals surface area contributed by atoms with Gasteiger partial charge in [0.1, 0.15) is 6.07 Å². The Morgan fingerprint density at radius 1 is 1.20 bits per heavy atom. The van der Waals surface area contributed by atoms with E-state index >= 15 is 0 Å². The number of phenolic OH excluding ortho intramolecular Hbond substituents is 1. The van der Waals surface area contributed by atoms with Gasteiger partial charge in [0.15, 0.2) is 17.3 Å². The molecule has 0 spiro atoms. The van der Waals surface area contributed by atoms with Crippen molar-refractivity contribution in [2.75, 3.05) is 14.2 Å². The van der Waals surface area contributed by atoms with Gasteiger partial charge in [-0.2, -0.15) is 5.26 Å².